The largest absolute Gasteiger partial charge is 0.508 e. The Bertz CT molecular complexity index is 244. The van der Waals surface area contributed by atoms with Crippen molar-refractivity contribution in [1.29, 1.82) is 0 Å². The number of nitrogens with zero attached hydrogens (tertiary/aromatic N) is 1. The van der Waals surface area contributed by atoms with E-state index in [1.807, 2.05) is 31.1 Å². The number of phenolic OH excluding ortho intramolecular Hbond substituents is 1. The molecule has 0 saturated carbocycles. The van der Waals surface area contributed by atoms with Crippen LogP contribution in [-0.4, -0.2) is 30.8 Å². The molecule has 1 aromatic carbocycles. The van der Waals surface area contributed by atoms with Crippen molar-refractivity contribution in [2.75, 3.05) is 19.0 Å². The molecule has 0 aliphatic rings. The van der Waals surface area contributed by atoms with Crippen LogP contribution in [0.5, 0.6) is 5.75 Å². The highest BCUT2D eigenvalue weighted by Gasteiger charge is 1.92. The Kier molecular flexibility index (Phi) is 5.11. The summed E-state index contributed by atoms with van der Waals surface area (Å²) < 4.78 is 0. The predicted octanol–water partition coefficient (Wildman–Crippen LogP) is 1.16. The molecule has 1 rings (SSSR count). The molecular formula is C9H13NO3. The predicted molar refractivity (Wildman–Crippen MR) is 51.1 cm³/mol. The molecule has 2 N–H and O–H groups in total. The molecule has 0 aromatic heterocycles. The second kappa shape index (κ2) is 5.88. The number of rotatable bonds is 1. The molecule has 0 radical (unpaired) electrons. The second-order valence-corrected chi connectivity index (χ2v) is 2.52. The summed E-state index contributed by atoms with van der Waals surface area (Å²) in [4.78, 5) is 10.3. The summed E-state index contributed by atoms with van der Waals surface area (Å²) in [5.74, 6) is 0.311. The van der Waals surface area contributed by atoms with Crippen molar-refractivity contribution in [2.45, 2.75) is 0 Å². The number of phenols is 1. The number of hydrogen-bond donors (Lipinski definition) is 2. The van der Waals surface area contributed by atoms with Crippen LogP contribution >= 0.6 is 0 Å². The van der Waals surface area contributed by atoms with Gasteiger partial charge in [-0.3, -0.25) is 4.79 Å². The summed E-state index contributed by atoms with van der Waals surface area (Å²) in [6, 6.07) is 7.09. The first-order valence-electron chi connectivity index (χ1n) is 3.66. The van der Waals surface area contributed by atoms with Crippen LogP contribution in [0.15, 0.2) is 24.3 Å². The quantitative estimate of drug-likeness (QED) is 0.641. The van der Waals surface area contributed by atoms with Gasteiger partial charge in [0.05, 0.1) is 0 Å². The van der Waals surface area contributed by atoms with Gasteiger partial charge in [0.1, 0.15) is 5.75 Å². The van der Waals surface area contributed by atoms with Crippen molar-refractivity contribution in [2.24, 2.45) is 0 Å². The van der Waals surface area contributed by atoms with Gasteiger partial charge in [0.15, 0.2) is 0 Å². The average molecular weight is 183 g/mol. The van der Waals surface area contributed by atoms with E-state index >= 15 is 0 Å². The van der Waals surface area contributed by atoms with E-state index in [-0.39, 0.29) is 6.47 Å². The fourth-order valence-electron chi connectivity index (χ4n) is 0.751. The Hall–Kier alpha value is -1.71. The van der Waals surface area contributed by atoms with Crippen LogP contribution in [0.25, 0.3) is 0 Å². The minimum atomic E-state index is -0.250. The van der Waals surface area contributed by atoms with E-state index in [9.17, 15) is 0 Å². The molecule has 0 atom stereocenters. The number of anilines is 1. The molecule has 72 valence electrons. The van der Waals surface area contributed by atoms with E-state index in [1.54, 1.807) is 12.1 Å². The first-order valence-corrected chi connectivity index (χ1v) is 3.66. The standard InChI is InChI=1S/C8H11NO.CH2O2/c1-9(2)7-3-5-8(10)6-4-7;2-1-3/h3-6,10H,1-2H3;1H,(H,2,3). The normalized spacial score (nSPS) is 8.15. The fourth-order valence-corrected chi connectivity index (χ4v) is 0.751. The third-order valence-corrected chi connectivity index (χ3v) is 1.37. The van der Waals surface area contributed by atoms with Gasteiger partial charge in [0.2, 0.25) is 0 Å². The van der Waals surface area contributed by atoms with Crippen LogP contribution in [-0.2, 0) is 4.79 Å². The molecule has 13 heavy (non-hydrogen) atoms. The zero-order chi connectivity index (χ0) is 10.3. The molecular weight excluding hydrogens is 170 g/mol. The lowest BCUT2D eigenvalue weighted by Gasteiger charge is -2.11. The molecule has 0 aliphatic heterocycles. The molecule has 0 saturated heterocycles. The minimum absolute atomic E-state index is 0.250. The lowest BCUT2D eigenvalue weighted by molar-refractivity contribution is -0.122. The summed E-state index contributed by atoms with van der Waals surface area (Å²) in [7, 11) is 3.93. The number of carboxylic acid groups (broad SMARTS) is 1. The highest BCUT2D eigenvalue weighted by molar-refractivity contribution is 5.47. The minimum Gasteiger partial charge on any atom is -0.508 e. The molecule has 0 heterocycles. The molecule has 4 heteroatoms. The van der Waals surface area contributed by atoms with E-state index in [0.29, 0.717) is 5.75 Å². The average Bonchev–Trinajstić information content (AvgIpc) is 2.06. The third kappa shape index (κ3) is 4.68. The Morgan fingerprint density at radius 2 is 1.62 bits per heavy atom. The van der Waals surface area contributed by atoms with Gasteiger partial charge >= 0.3 is 0 Å². The van der Waals surface area contributed by atoms with Crippen LogP contribution in [0.1, 0.15) is 0 Å². The van der Waals surface area contributed by atoms with Gasteiger partial charge in [-0.2, -0.15) is 0 Å². The van der Waals surface area contributed by atoms with Gasteiger partial charge in [-0.25, -0.2) is 0 Å². The number of carbonyl (C=O) groups is 1. The Balaban J connectivity index is 0.000000424. The Labute approximate surface area is 77.0 Å². The van der Waals surface area contributed by atoms with E-state index < -0.39 is 0 Å². The summed E-state index contributed by atoms with van der Waals surface area (Å²) in [6.45, 7) is -0.250. The SMILES string of the molecule is CN(C)c1ccc(O)cc1.O=CO. The lowest BCUT2D eigenvalue weighted by Crippen LogP contribution is -2.07. The van der Waals surface area contributed by atoms with Crippen LogP contribution in [0, 0.1) is 0 Å². The van der Waals surface area contributed by atoms with Crippen molar-refractivity contribution >= 4 is 12.2 Å². The summed E-state index contributed by atoms with van der Waals surface area (Å²) in [5, 5.41) is 15.8. The molecule has 0 aliphatic carbocycles. The first kappa shape index (κ1) is 11.3. The maximum Gasteiger partial charge on any atom is 0.290 e. The molecule has 0 bridgehead atoms. The number of hydrogen-bond acceptors (Lipinski definition) is 3. The van der Waals surface area contributed by atoms with Gasteiger partial charge in [-0.15, -0.1) is 0 Å². The van der Waals surface area contributed by atoms with E-state index in [4.69, 9.17) is 15.0 Å². The maximum atomic E-state index is 8.92. The third-order valence-electron chi connectivity index (χ3n) is 1.37. The van der Waals surface area contributed by atoms with Crippen molar-refractivity contribution < 1.29 is 15.0 Å². The lowest BCUT2D eigenvalue weighted by atomic mass is 10.3. The maximum absolute atomic E-state index is 8.92. The van der Waals surface area contributed by atoms with E-state index in [1.165, 1.54) is 0 Å². The number of aromatic hydroxyl groups is 1. The van der Waals surface area contributed by atoms with Gasteiger partial charge in [0.25, 0.3) is 6.47 Å². The van der Waals surface area contributed by atoms with Crippen molar-refractivity contribution in [3.63, 3.8) is 0 Å². The molecule has 0 spiro atoms. The summed E-state index contributed by atoms with van der Waals surface area (Å²) >= 11 is 0. The van der Waals surface area contributed by atoms with Gasteiger partial charge in [-0.05, 0) is 24.3 Å². The van der Waals surface area contributed by atoms with Crippen molar-refractivity contribution in [3.8, 4) is 5.75 Å². The zero-order valence-corrected chi connectivity index (χ0v) is 7.64. The zero-order valence-electron chi connectivity index (χ0n) is 7.64. The fraction of sp³-hybridized carbons (Fsp3) is 0.222. The van der Waals surface area contributed by atoms with Crippen LogP contribution < -0.4 is 4.90 Å². The van der Waals surface area contributed by atoms with Crippen LogP contribution in [0.3, 0.4) is 0 Å². The van der Waals surface area contributed by atoms with Crippen LogP contribution in [0.4, 0.5) is 5.69 Å². The van der Waals surface area contributed by atoms with Gasteiger partial charge in [0, 0.05) is 19.8 Å². The molecule has 4 nitrogen and oxygen atoms in total. The van der Waals surface area contributed by atoms with E-state index in [2.05, 4.69) is 0 Å². The number of benzene rings is 1. The highest BCUT2D eigenvalue weighted by atomic mass is 16.3. The Morgan fingerprint density at radius 3 is 1.92 bits per heavy atom. The highest BCUT2D eigenvalue weighted by Crippen LogP contribution is 2.15. The monoisotopic (exact) mass is 183 g/mol. The molecule has 0 fully saturated rings. The molecule has 1 aromatic rings. The van der Waals surface area contributed by atoms with Crippen LogP contribution in [0.2, 0.25) is 0 Å². The summed E-state index contributed by atoms with van der Waals surface area (Å²) in [6.07, 6.45) is 0. The van der Waals surface area contributed by atoms with Gasteiger partial charge < -0.3 is 15.1 Å². The van der Waals surface area contributed by atoms with Crippen molar-refractivity contribution in [3.05, 3.63) is 24.3 Å². The molecule has 0 amide bonds. The first-order chi connectivity index (χ1) is 6.11. The summed E-state index contributed by atoms with van der Waals surface area (Å²) in [5.41, 5.74) is 1.10. The van der Waals surface area contributed by atoms with Crippen molar-refractivity contribution in [1.82, 2.24) is 0 Å². The molecule has 0 unspecified atom stereocenters. The van der Waals surface area contributed by atoms with E-state index in [0.717, 1.165) is 5.69 Å². The second-order valence-electron chi connectivity index (χ2n) is 2.52. The smallest absolute Gasteiger partial charge is 0.290 e. The Morgan fingerprint density at radius 1 is 1.23 bits per heavy atom. The van der Waals surface area contributed by atoms with Gasteiger partial charge in [-0.1, -0.05) is 0 Å². The topological polar surface area (TPSA) is 60.8 Å².